The number of pyridine rings is 1. The SMILES string of the molecule is C[C@@H]1C[C@](O)(c2nnc(-c3ccc(C(F)(F)F)cc3O)c3cccnc23)C[C@H](C)O1. The molecule has 0 radical (unpaired) electrons. The summed E-state index contributed by atoms with van der Waals surface area (Å²) in [4.78, 5) is 4.36. The Balaban J connectivity index is 1.87. The number of halogens is 3. The second-order valence-corrected chi connectivity index (χ2v) is 7.72. The van der Waals surface area contributed by atoms with Gasteiger partial charge in [-0.1, -0.05) is 0 Å². The van der Waals surface area contributed by atoms with E-state index in [1.165, 1.54) is 0 Å². The molecule has 4 rings (SSSR count). The lowest BCUT2D eigenvalue weighted by atomic mass is 9.83. The lowest BCUT2D eigenvalue weighted by Crippen LogP contribution is -2.42. The molecule has 6 nitrogen and oxygen atoms in total. The van der Waals surface area contributed by atoms with Crippen LogP contribution in [-0.4, -0.2) is 37.6 Å². The topological polar surface area (TPSA) is 88.4 Å². The summed E-state index contributed by atoms with van der Waals surface area (Å²) in [6, 6.07) is 6.02. The molecule has 30 heavy (non-hydrogen) atoms. The maximum Gasteiger partial charge on any atom is 0.416 e. The number of aromatic hydroxyl groups is 1. The molecule has 9 heteroatoms. The first-order chi connectivity index (χ1) is 14.1. The number of hydrogen-bond acceptors (Lipinski definition) is 6. The summed E-state index contributed by atoms with van der Waals surface area (Å²) in [6.07, 6.45) is -2.81. The van der Waals surface area contributed by atoms with Crippen LogP contribution in [0.4, 0.5) is 13.2 Å². The average Bonchev–Trinajstić information content (AvgIpc) is 2.65. The average molecular weight is 419 g/mol. The first kappa shape index (κ1) is 20.5. The Morgan fingerprint density at radius 2 is 1.80 bits per heavy atom. The van der Waals surface area contributed by atoms with E-state index in [1.807, 2.05) is 13.8 Å². The van der Waals surface area contributed by atoms with Gasteiger partial charge >= 0.3 is 6.18 Å². The molecule has 0 aliphatic carbocycles. The third-order valence-electron chi connectivity index (χ3n) is 5.27. The molecule has 3 heterocycles. The number of phenols is 1. The summed E-state index contributed by atoms with van der Waals surface area (Å²) in [5, 5.41) is 30.4. The molecule has 0 spiro atoms. The quantitative estimate of drug-likeness (QED) is 0.648. The van der Waals surface area contributed by atoms with Crippen LogP contribution in [0.15, 0.2) is 36.5 Å². The van der Waals surface area contributed by atoms with Crippen molar-refractivity contribution in [3.63, 3.8) is 0 Å². The van der Waals surface area contributed by atoms with Crippen molar-refractivity contribution >= 4 is 10.9 Å². The molecule has 2 N–H and O–H groups in total. The van der Waals surface area contributed by atoms with Gasteiger partial charge in [0.05, 0.1) is 23.3 Å². The highest BCUT2D eigenvalue weighted by Gasteiger charge is 2.41. The Hall–Kier alpha value is -2.78. The summed E-state index contributed by atoms with van der Waals surface area (Å²) >= 11 is 0. The summed E-state index contributed by atoms with van der Waals surface area (Å²) in [7, 11) is 0. The van der Waals surface area contributed by atoms with Crippen molar-refractivity contribution < 1.29 is 28.1 Å². The molecule has 1 aromatic carbocycles. The Morgan fingerprint density at radius 1 is 1.10 bits per heavy atom. The summed E-state index contributed by atoms with van der Waals surface area (Å²) in [5.41, 5.74) is -1.32. The van der Waals surface area contributed by atoms with Crippen LogP contribution in [0.25, 0.3) is 22.2 Å². The van der Waals surface area contributed by atoms with Gasteiger partial charge in [0.25, 0.3) is 0 Å². The minimum atomic E-state index is -4.57. The molecule has 1 aliphatic heterocycles. The molecule has 1 fully saturated rings. The zero-order valence-corrected chi connectivity index (χ0v) is 16.3. The van der Waals surface area contributed by atoms with Crippen molar-refractivity contribution in [2.45, 2.75) is 50.7 Å². The van der Waals surface area contributed by atoms with Gasteiger partial charge in [-0.25, -0.2) is 0 Å². The van der Waals surface area contributed by atoms with Crippen molar-refractivity contribution in [2.75, 3.05) is 0 Å². The van der Waals surface area contributed by atoms with E-state index in [0.29, 0.717) is 29.8 Å². The van der Waals surface area contributed by atoms with E-state index in [4.69, 9.17) is 4.74 Å². The second-order valence-electron chi connectivity index (χ2n) is 7.72. The van der Waals surface area contributed by atoms with E-state index in [9.17, 15) is 23.4 Å². The summed E-state index contributed by atoms with van der Waals surface area (Å²) in [5.74, 6) is -0.566. The predicted molar refractivity (Wildman–Crippen MR) is 103 cm³/mol. The molecule has 1 saturated heterocycles. The van der Waals surface area contributed by atoms with Crippen molar-refractivity contribution in [3.8, 4) is 17.0 Å². The highest BCUT2D eigenvalue weighted by Crippen LogP contribution is 2.42. The van der Waals surface area contributed by atoms with Gasteiger partial charge in [0.1, 0.15) is 22.7 Å². The zero-order chi connectivity index (χ0) is 21.7. The minimum Gasteiger partial charge on any atom is -0.507 e. The lowest BCUT2D eigenvalue weighted by molar-refractivity contribution is -0.138. The standard InChI is InChI=1S/C21H20F3N3O3/c1-11-9-20(29,10-12(2)30-11)19-18-15(4-3-7-25-18)17(26-27-19)14-6-5-13(8-16(14)28)21(22,23)24/h3-8,11-12,28-29H,9-10H2,1-2H3/t11-,12+,20-. The number of phenolic OH excluding ortho intramolecular Hbond substituents is 1. The predicted octanol–water partition coefficient (Wildman–Crippen LogP) is 4.19. The molecule has 0 unspecified atom stereocenters. The van der Waals surface area contributed by atoms with Crippen molar-refractivity contribution in [2.24, 2.45) is 0 Å². The maximum atomic E-state index is 12.9. The van der Waals surface area contributed by atoms with Gasteiger partial charge in [-0.05, 0) is 44.2 Å². The molecule has 2 aromatic heterocycles. The van der Waals surface area contributed by atoms with Crippen molar-refractivity contribution in [1.29, 1.82) is 0 Å². The number of rotatable bonds is 2. The highest BCUT2D eigenvalue weighted by molar-refractivity contribution is 5.94. The van der Waals surface area contributed by atoms with E-state index in [2.05, 4.69) is 15.2 Å². The molecule has 0 bridgehead atoms. The van der Waals surface area contributed by atoms with Crippen LogP contribution in [0.5, 0.6) is 5.75 Å². The maximum absolute atomic E-state index is 12.9. The van der Waals surface area contributed by atoms with Gasteiger partial charge < -0.3 is 14.9 Å². The van der Waals surface area contributed by atoms with Crippen LogP contribution in [0.1, 0.15) is 37.9 Å². The number of nitrogens with zero attached hydrogens (tertiary/aromatic N) is 3. The number of fused-ring (bicyclic) bond motifs is 1. The number of benzene rings is 1. The van der Waals surface area contributed by atoms with Gasteiger partial charge in [0.2, 0.25) is 0 Å². The Kier molecular flexibility index (Phi) is 4.90. The number of hydrogen-bond donors (Lipinski definition) is 2. The molecule has 3 atom stereocenters. The monoisotopic (exact) mass is 419 g/mol. The zero-order valence-electron chi connectivity index (χ0n) is 16.3. The van der Waals surface area contributed by atoms with Crippen LogP contribution >= 0.6 is 0 Å². The van der Waals surface area contributed by atoms with E-state index >= 15 is 0 Å². The third-order valence-corrected chi connectivity index (χ3v) is 5.27. The molecular weight excluding hydrogens is 399 g/mol. The van der Waals surface area contributed by atoms with Crippen LogP contribution in [-0.2, 0) is 16.5 Å². The molecule has 3 aromatic rings. The van der Waals surface area contributed by atoms with E-state index in [-0.39, 0.29) is 29.2 Å². The molecule has 0 saturated carbocycles. The van der Waals surface area contributed by atoms with Gasteiger partial charge in [-0.2, -0.15) is 13.2 Å². The van der Waals surface area contributed by atoms with Gasteiger partial charge in [-0.15, -0.1) is 10.2 Å². The Morgan fingerprint density at radius 3 is 2.43 bits per heavy atom. The Labute approximate surface area is 170 Å². The van der Waals surface area contributed by atoms with E-state index < -0.39 is 23.1 Å². The Bertz CT molecular complexity index is 1090. The van der Waals surface area contributed by atoms with E-state index in [0.717, 1.165) is 12.1 Å². The van der Waals surface area contributed by atoms with Crippen LogP contribution in [0.3, 0.4) is 0 Å². The van der Waals surface area contributed by atoms with Crippen LogP contribution in [0.2, 0.25) is 0 Å². The van der Waals surface area contributed by atoms with Gasteiger partial charge in [-0.3, -0.25) is 4.98 Å². The normalized spacial score (nSPS) is 24.9. The second kappa shape index (κ2) is 7.17. The van der Waals surface area contributed by atoms with Crippen LogP contribution < -0.4 is 0 Å². The number of alkyl halides is 3. The van der Waals surface area contributed by atoms with Crippen molar-refractivity contribution in [1.82, 2.24) is 15.2 Å². The van der Waals surface area contributed by atoms with Crippen molar-refractivity contribution in [3.05, 3.63) is 47.8 Å². The molecular formula is C21H20F3N3O3. The fourth-order valence-corrected chi connectivity index (χ4v) is 4.13. The molecule has 1 aliphatic rings. The smallest absolute Gasteiger partial charge is 0.416 e. The molecule has 0 amide bonds. The fourth-order valence-electron chi connectivity index (χ4n) is 4.13. The number of aliphatic hydroxyl groups is 1. The fraction of sp³-hybridized carbons (Fsp3) is 0.381. The third kappa shape index (κ3) is 3.59. The number of ether oxygens (including phenoxy) is 1. The highest BCUT2D eigenvalue weighted by atomic mass is 19.4. The first-order valence-electron chi connectivity index (χ1n) is 9.49. The van der Waals surface area contributed by atoms with Gasteiger partial charge in [0, 0.05) is 30.0 Å². The molecule has 158 valence electrons. The minimum absolute atomic E-state index is 0.0979. The van der Waals surface area contributed by atoms with Gasteiger partial charge in [0.15, 0.2) is 0 Å². The lowest BCUT2D eigenvalue weighted by Gasteiger charge is -2.38. The van der Waals surface area contributed by atoms with Crippen LogP contribution in [0, 0.1) is 0 Å². The summed E-state index contributed by atoms with van der Waals surface area (Å²) < 4.78 is 44.5. The first-order valence-corrected chi connectivity index (χ1v) is 9.49. The largest absolute Gasteiger partial charge is 0.507 e. The van der Waals surface area contributed by atoms with E-state index in [1.54, 1.807) is 18.3 Å². The number of aromatic nitrogens is 3. The summed E-state index contributed by atoms with van der Waals surface area (Å²) in [6.45, 7) is 3.72.